The van der Waals surface area contributed by atoms with E-state index in [9.17, 15) is 14.4 Å². The number of aromatic nitrogens is 1. The number of benzene rings is 2. The average Bonchev–Trinajstić information content (AvgIpc) is 3.52. The van der Waals surface area contributed by atoms with Crippen LogP contribution in [-0.4, -0.2) is 16.1 Å². The van der Waals surface area contributed by atoms with E-state index in [1.54, 1.807) is 53.1 Å². The first-order chi connectivity index (χ1) is 12.6. The van der Waals surface area contributed by atoms with Gasteiger partial charge in [0.2, 0.25) is 11.6 Å². The van der Waals surface area contributed by atoms with Crippen LogP contribution >= 0.6 is 0 Å². The fourth-order valence-electron chi connectivity index (χ4n) is 3.46. The molecule has 1 saturated carbocycles. The second-order valence-corrected chi connectivity index (χ2v) is 6.71. The molecule has 130 valence electrons. The number of rotatable bonds is 5. The Kier molecular flexibility index (Phi) is 4.03. The molecule has 26 heavy (non-hydrogen) atoms. The Morgan fingerprint density at radius 3 is 2.31 bits per heavy atom. The maximum atomic E-state index is 12.7. The fraction of sp³-hybridized carbons (Fsp3) is 0.227. The van der Waals surface area contributed by atoms with E-state index >= 15 is 0 Å². The van der Waals surface area contributed by atoms with E-state index in [0.717, 1.165) is 29.3 Å². The summed E-state index contributed by atoms with van der Waals surface area (Å²) in [4.78, 5) is 37.5. The van der Waals surface area contributed by atoms with Crippen LogP contribution in [0.5, 0.6) is 0 Å². The van der Waals surface area contributed by atoms with E-state index < -0.39 is 11.6 Å². The Morgan fingerprint density at radius 2 is 1.65 bits per heavy atom. The minimum absolute atomic E-state index is 0.0126. The number of Topliss-reactive ketones (excluding diaryl/α,β-unsaturated/α-hetero) is 2. The SMILES string of the molecule is CCn1c(=O)cc(C2CC2)c2cc(C(=O)C(=O)c3ccccc3)ccc21. The third-order valence-electron chi connectivity index (χ3n) is 4.98. The molecule has 0 spiro atoms. The second-order valence-electron chi connectivity index (χ2n) is 6.71. The molecule has 0 amide bonds. The molecular formula is C22H19NO3. The Labute approximate surface area is 151 Å². The van der Waals surface area contributed by atoms with Gasteiger partial charge in [0, 0.05) is 29.1 Å². The molecule has 4 nitrogen and oxygen atoms in total. The summed E-state index contributed by atoms with van der Waals surface area (Å²) in [6, 6.07) is 15.5. The Hall–Kier alpha value is -3.01. The molecule has 0 saturated heterocycles. The van der Waals surface area contributed by atoms with Gasteiger partial charge in [-0.25, -0.2) is 0 Å². The number of nitrogens with zero attached hydrogens (tertiary/aromatic N) is 1. The molecule has 0 radical (unpaired) electrons. The van der Waals surface area contributed by atoms with E-state index in [2.05, 4.69) is 0 Å². The lowest BCUT2D eigenvalue weighted by molar-refractivity contribution is 0.0817. The number of hydrogen-bond acceptors (Lipinski definition) is 3. The van der Waals surface area contributed by atoms with Gasteiger partial charge in [-0.15, -0.1) is 0 Å². The van der Waals surface area contributed by atoms with Gasteiger partial charge in [0.25, 0.3) is 5.56 Å². The first-order valence-corrected chi connectivity index (χ1v) is 8.91. The quantitative estimate of drug-likeness (QED) is 0.519. The molecule has 1 aromatic heterocycles. The zero-order valence-corrected chi connectivity index (χ0v) is 14.6. The lowest BCUT2D eigenvalue weighted by Gasteiger charge is -2.13. The number of carbonyl (C=O) groups excluding carboxylic acids is 2. The molecule has 0 atom stereocenters. The number of fused-ring (bicyclic) bond motifs is 1. The second kappa shape index (κ2) is 6.37. The molecule has 0 aliphatic heterocycles. The standard InChI is InChI=1S/C22H19NO3/c1-2-23-19-11-10-16(22(26)21(25)15-6-4-3-5-7-15)12-18(19)17(13-20(23)24)14-8-9-14/h3-7,10-14H,2,8-9H2,1H3. The summed E-state index contributed by atoms with van der Waals surface area (Å²) in [5.74, 6) is -0.650. The van der Waals surface area contributed by atoms with Gasteiger partial charge in [-0.1, -0.05) is 30.3 Å². The van der Waals surface area contributed by atoms with Crippen molar-refractivity contribution in [3.63, 3.8) is 0 Å². The fourth-order valence-corrected chi connectivity index (χ4v) is 3.46. The van der Waals surface area contributed by atoms with Crippen molar-refractivity contribution in [3.05, 3.63) is 81.6 Å². The molecule has 0 N–H and O–H groups in total. The van der Waals surface area contributed by atoms with E-state index in [4.69, 9.17) is 0 Å². The molecule has 1 aliphatic rings. The minimum atomic E-state index is -0.519. The predicted octanol–water partition coefficient (Wildman–Crippen LogP) is 3.96. The number of aryl methyl sites for hydroxylation is 1. The number of carbonyl (C=O) groups is 2. The van der Waals surface area contributed by atoms with Crippen LogP contribution < -0.4 is 5.56 Å². The van der Waals surface area contributed by atoms with Gasteiger partial charge in [0.05, 0.1) is 5.52 Å². The van der Waals surface area contributed by atoms with Crippen molar-refractivity contribution in [2.24, 2.45) is 0 Å². The van der Waals surface area contributed by atoms with Crippen LogP contribution in [0.25, 0.3) is 10.9 Å². The van der Waals surface area contributed by atoms with E-state index in [-0.39, 0.29) is 5.56 Å². The van der Waals surface area contributed by atoms with Crippen LogP contribution in [0.1, 0.15) is 52.0 Å². The van der Waals surface area contributed by atoms with Gasteiger partial charge < -0.3 is 4.57 Å². The number of ketones is 2. The molecule has 4 rings (SSSR count). The molecule has 0 bridgehead atoms. The minimum Gasteiger partial charge on any atom is -0.309 e. The zero-order valence-electron chi connectivity index (χ0n) is 14.6. The number of hydrogen-bond donors (Lipinski definition) is 0. The van der Waals surface area contributed by atoms with Gasteiger partial charge in [-0.3, -0.25) is 14.4 Å². The monoisotopic (exact) mass is 345 g/mol. The molecule has 1 fully saturated rings. The molecule has 4 heteroatoms. The Morgan fingerprint density at radius 1 is 0.962 bits per heavy atom. The van der Waals surface area contributed by atoms with E-state index in [1.807, 2.05) is 13.0 Å². The predicted molar refractivity (Wildman–Crippen MR) is 101 cm³/mol. The van der Waals surface area contributed by atoms with Crippen LogP contribution in [0.15, 0.2) is 59.4 Å². The zero-order chi connectivity index (χ0) is 18.3. The Balaban J connectivity index is 1.84. The summed E-state index contributed by atoms with van der Waals surface area (Å²) in [6.45, 7) is 2.49. The molecule has 2 aromatic carbocycles. The maximum absolute atomic E-state index is 12.7. The van der Waals surface area contributed by atoms with Gasteiger partial charge in [0.1, 0.15) is 0 Å². The van der Waals surface area contributed by atoms with Crippen molar-refractivity contribution in [1.29, 1.82) is 0 Å². The average molecular weight is 345 g/mol. The molecule has 1 aliphatic carbocycles. The first kappa shape index (κ1) is 16.5. The van der Waals surface area contributed by atoms with Crippen LogP contribution in [0.2, 0.25) is 0 Å². The highest BCUT2D eigenvalue weighted by Gasteiger charge is 2.27. The summed E-state index contributed by atoms with van der Waals surface area (Å²) in [5, 5.41) is 0.903. The van der Waals surface area contributed by atoms with Crippen LogP contribution in [0, 0.1) is 0 Å². The lowest BCUT2D eigenvalue weighted by Crippen LogP contribution is -2.20. The van der Waals surface area contributed by atoms with Crippen molar-refractivity contribution >= 4 is 22.5 Å². The lowest BCUT2D eigenvalue weighted by atomic mass is 9.97. The van der Waals surface area contributed by atoms with Crippen LogP contribution in [-0.2, 0) is 6.54 Å². The first-order valence-electron chi connectivity index (χ1n) is 8.91. The summed E-state index contributed by atoms with van der Waals surface area (Å²) in [7, 11) is 0. The van der Waals surface area contributed by atoms with Gasteiger partial charge in [0.15, 0.2) is 0 Å². The Bertz CT molecular complexity index is 1080. The smallest absolute Gasteiger partial charge is 0.251 e. The largest absolute Gasteiger partial charge is 0.309 e. The third-order valence-corrected chi connectivity index (χ3v) is 4.98. The molecule has 0 unspecified atom stereocenters. The highest BCUT2D eigenvalue weighted by atomic mass is 16.2. The summed E-state index contributed by atoms with van der Waals surface area (Å²) < 4.78 is 1.70. The third kappa shape index (κ3) is 2.77. The van der Waals surface area contributed by atoms with E-state index in [1.165, 1.54) is 0 Å². The summed E-state index contributed by atoms with van der Waals surface area (Å²) in [5.41, 5.74) is 2.57. The normalized spacial score (nSPS) is 13.7. The van der Waals surface area contributed by atoms with Gasteiger partial charge in [-0.2, -0.15) is 0 Å². The molecular weight excluding hydrogens is 326 g/mol. The summed E-state index contributed by atoms with van der Waals surface area (Å²) in [6.07, 6.45) is 2.12. The van der Waals surface area contributed by atoms with Crippen molar-refractivity contribution < 1.29 is 9.59 Å². The van der Waals surface area contributed by atoms with Crippen LogP contribution in [0.3, 0.4) is 0 Å². The van der Waals surface area contributed by atoms with Gasteiger partial charge in [-0.05, 0) is 49.4 Å². The highest BCUT2D eigenvalue weighted by Crippen LogP contribution is 2.42. The van der Waals surface area contributed by atoms with Crippen molar-refractivity contribution in [3.8, 4) is 0 Å². The molecule has 1 heterocycles. The highest BCUT2D eigenvalue weighted by molar-refractivity contribution is 6.49. The van der Waals surface area contributed by atoms with Crippen molar-refractivity contribution in [2.45, 2.75) is 32.2 Å². The van der Waals surface area contributed by atoms with E-state index in [0.29, 0.717) is 23.6 Å². The molecule has 3 aromatic rings. The summed E-state index contributed by atoms with van der Waals surface area (Å²) >= 11 is 0. The topological polar surface area (TPSA) is 56.1 Å². The van der Waals surface area contributed by atoms with Crippen molar-refractivity contribution in [2.75, 3.05) is 0 Å². The van der Waals surface area contributed by atoms with Gasteiger partial charge >= 0.3 is 0 Å². The number of pyridine rings is 1. The van der Waals surface area contributed by atoms with Crippen molar-refractivity contribution in [1.82, 2.24) is 4.57 Å². The maximum Gasteiger partial charge on any atom is 0.251 e. The van der Waals surface area contributed by atoms with Crippen LogP contribution in [0.4, 0.5) is 0 Å².